The maximum atomic E-state index is 12.4. The Bertz CT molecular complexity index is 1310. The van der Waals surface area contributed by atoms with Crippen LogP contribution in [0.2, 0.25) is 0 Å². The lowest BCUT2D eigenvalue weighted by Gasteiger charge is -2.16. The van der Waals surface area contributed by atoms with Gasteiger partial charge in [-0.25, -0.2) is 9.59 Å². The van der Waals surface area contributed by atoms with Gasteiger partial charge in [-0.05, 0) is 48.5 Å². The number of hydrogen-bond acceptors (Lipinski definition) is 9. The third-order valence-electron chi connectivity index (χ3n) is 5.49. The fourth-order valence-electron chi connectivity index (χ4n) is 3.53. The molecule has 35 heavy (non-hydrogen) atoms. The molecule has 1 saturated heterocycles. The van der Waals surface area contributed by atoms with E-state index in [1.165, 1.54) is 16.8 Å². The highest BCUT2D eigenvalue weighted by Gasteiger charge is 2.36. The maximum Gasteiger partial charge on any atom is 0.338 e. The van der Waals surface area contributed by atoms with Gasteiger partial charge >= 0.3 is 11.7 Å². The topological polar surface area (TPSA) is 139 Å². The van der Waals surface area contributed by atoms with E-state index in [4.69, 9.17) is 9.47 Å². The standard InChI is InChI=1S/C24H25N5O6/c1-28(2)18-9-7-17(8-10-18)27-26-16-5-3-15(4-6-16)23(32)34-14-20-19(30)13-22(35-20)29-12-11-21(31)25-24(29)33/h3-12,19-20,22,30H,13-14H2,1-2H3,(H,25,31,33)/t19-,20+,22+/m0/s1. The van der Waals surface area contributed by atoms with Crippen LogP contribution in [0.3, 0.4) is 0 Å². The molecule has 0 bridgehead atoms. The fraction of sp³-hybridized carbons (Fsp3) is 0.292. The van der Waals surface area contributed by atoms with E-state index in [-0.39, 0.29) is 13.0 Å². The van der Waals surface area contributed by atoms with Gasteiger partial charge in [0.05, 0.1) is 23.0 Å². The van der Waals surface area contributed by atoms with Crippen molar-refractivity contribution < 1.29 is 19.4 Å². The Labute approximate surface area is 200 Å². The van der Waals surface area contributed by atoms with Gasteiger partial charge in [0.25, 0.3) is 5.56 Å². The monoisotopic (exact) mass is 479 g/mol. The van der Waals surface area contributed by atoms with Crippen LogP contribution < -0.4 is 16.1 Å². The normalized spacial score (nSPS) is 19.7. The van der Waals surface area contributed by atoms with Gasteiger partial charge in [-0.1, -0.05) is 0 Å². The number of aromatic nitrogens is 2. The molecule has 1 aliphatic rings. The number of nitrogens with one attached hydrogen (secondary N) is 1. The lowest BCUT2D eigenvalue weighted by atomic mass is 10.2. The molecular formula is C24H25N5O6. The van der Waals surface area contributed by atoms with Gasteiger partial charge in [0, 0.05) is 38.5 Å². The summed E-state index contributed by atoms with van der Waals surface area (Å²) >= 11 is 0. The van der Waals surface area contributed by atoms with Crippen LogP contribution in [0.5, 0.6) is 0 Å². The molecule has 3 atom stereocenters. The third kappa shape index (κ3) is 5.89. The number of esters is 1. The van der Waals surface area contributed by atoms with Gasteiger partial charge in [0.15, 0.2) is 0 Å². The molecule has 0 radical (unpaired) electrons. The SMILES string of the molecule is CN(C)c1ccc(N=Nc2ccc(C(=O)OC[C@H]3O[C@@H](n4ccc(=O)[nH]c4=O)C[C@@H]3O)cc2)cc1. The van der Waals surface area contributed by atoms with E-state index >= 15 is 0 Å². The van der Waals surface area contributed by atoms with Crippen molar-refractivity contribution >= 4 is 23.0 Å². The van der Waals surface area contributed by atoms with E-state index in [1.807, 2.05) is 43.3 Å². The Kier molecular flexibility index (Phi) is 7.18. The number of carbonyl (C=O) groups excluding carboxylic acids is 1. The lowest BCUT2D eigenvalue weighted by molar-refractivity contribution is -0.0532. The van der Waals surface area contributed by atoms with Crippen molar-refractivity contribution in [3.63, 3.8) is 0 Å². The van der Waals surface area contributed by atoms with Crippen LogP contribution in [0.1, 0.15) is 23.0 Å². The molecule has 1 aromatic heterocycles. The van der Waals surface area contributed by atoms with Crippen molar-refractivity contribution in [2.24, 2.45) is 10.2 Å². The second kappa shape index (κ2) is 10.5. The van der Waals surface area contributed by atoms with Crippen LogP contribution in [-0.2, 0) is 9.47 Å². The molecule has 11 heteroatoms. The summed E-state index contributed by atoms with van der Waals surface area (Å²) in [6.07, 6.45) is -1.12. The summed E-state index contributed by atoms with van der Waals surface area (Å²) in [5.74, 6) is -0.590. The molecular weight excluding hydrogens is 454 g/mol. The van der Waals surface area contributed by atoms with E-state index < -0.39 is 35.7 Å². The summed E-state index contributed by atoms with van der Waals surface area (Å²) in [5, 5.41) is 18.6. The van der Waals surface area contributed by atoms with E-state index in [9.17, 15) is 19.5 Å². The zero-order valence-electron chi connectivity index (χ0n) is 19.2. The van der Waals surface area contributed by atoms with Crippen LogP contribution in [0.4, 0.5) is 17.1 Å². The van der Waals surface area contributed by atoms with Gasteiger partial charge in [0.1, 0.15) is 18.9 Å². The number of azo groups is 1. The molecule has 11 nitrogen and oxygen atoms in total. The molecule has 0 aliphatic carbocycles. The highest BCUT2D eigenvalue weighted by molar-refractivity contribution is 5.89. The van der Waals surface area contributed by atoms with Gasteiger partial charge in [-0.15, -0.1) is 0 Å². The number of H-pyrrole nitrogens is 1. The third-order valence-corrected chi connectivity index (χ3v) is 5.49. The predicted molar refractivity (Wildman–Crippen MR) is 128 cm³/mol. The minimum absolute atomic E-state index is 0.117. The second-order valence-electron chi connectivity index (χ2n) is 8.21. The molecule has 2 aromatic carbocycles. The molecule has 0 saturated carbocycles. The number of anilines is 1. The fourth-order valence-corrected chi connectivity index (χ4v) is 3.53. The molecule has 3 aromatic rings. The summed E-state index contributed by atoms with van der Waals surface area (Å²) in [5.41, 5.74) is 1.47. The first-order chi connectivity index (χ1) is 16.8. The zero-order chi connectivity index (χ0) is 24.9. The molecule has 0 amide bonds. The Morgan fingerprint density at radius 1 is 1.09 bits per heavy atom. The van der Waals surface area contributed by atoms with Crippen LogP contribution in [0.15, 0.2) is 80.6 Å². The quantitative estimate of drug-likeness (QED) is 0.392. The van der Waals surface area contributed by atoms with E-state index in [1.54, 1.807) is 24.3 Å². The maximum absolute atomic E-state index is 12.4. The van der Waals surface area contributed by atoms with Gasteiger partial charge in [0.2, 0.25) is 0 Å². The minimum atomic E-state index is -0.943. The Balaban J connectivity index is 1.31. The van der Waals surface area contributed by atoms with Crippen LogP contribution in [0, 0.1) is 0 Å². The Hall–Kier alpha value is -4.09. The molecule has 182 valence electrons. The van der Waals surface area contributed by atoms with Gasteiger partial charge in [-0.3, -0.25) is 14.3 Å². The minimum Gasteiger partial charge on any atom is -0.459 e. The molecule has 0 unspecified atom stereocenters. The smallest absolute Gasteiger partial charge is 0.338 e. The molecule has 0 spiro atoms. The molecule has 1 fully saturated rings. The number of ether oxygens (including phenoxy) is 2. The first kappa shape index (κ1) is 24.0. The predicted octanol–water partition coefficient (Wildman–Crippen LogP) is 2.52. The summed E-state index contributed by atoms with van der Waals surface area (Å²) in [6.45, 7) is -0.195. The van der Waals surface area contributed by atoms with E-state index in [0.29, 0.717) is 16.9 Å². The van der Waals surface area contributed by atoms with E-state index in [2.05, 4.69) is 15.2 Å². The Morgan fingerprint density at radius 2 is 1.71 bits per heavy atom. The van der Waals surface area contributed by atoms with Crippen LogP contribution in [0.25, 0.3) is 0 Å². The first-order valence-electron chi connectivity index (χ1n) is 10.9. The largest absolute Gasteiger partial charge is 0.459 e. The molecule has 2 heterocycles. The molecule has 4 rings (SSSR count). The average Bonchev–Trinajstić information content (AvgIpc) is 3.21. The number of aliphatic hydroxyl groups is 1. The van der Waals surface area contributed by atoms with Crippen LogP contribution >= 0.6 is 0 Å². The molecule has 2 N–H and O–H groups in total. The number of hydrogen-bond donors (Lipinski definition) is 2. The zero-order valence-corrected chi connectivity index (χ0v) is 19.2. The van der Waals surface area contributed by atoms with Crippen molar-refractivity contribution in [2.75, 3.05) is 25.6 Å². The average molecular weight is 479 g/mol. The van der Waals surface area contributed by atoms with Crippen molar-refractivity contribution in [2.45, 2.75) is 24.9 Å². The van der Waals surface area contributed by atoms with Crippen molar-refractivity contribution in [1.82, 2.24) is 9.55 Å². The number of aliphatic hydroxyl groups excluding tert-OH is 1. The van der Waals surface area contributed by atoms with Crippen molar-refractivity contribution in [3.05, 3.63) is 87.2 Å². The van der Waals surface area contributed by atoms with E-state index in [0.717, 1.165) is 5.69 Å². The van der Waals surface area contributed by atoms with Crippen molar-refractivity contribution in [1.29, 1.82) is 0 Å². The lowest BCUT2D eigenvalue weighted by Crippen LogP contribution is -2.32. The summed E-state index contributed by atoms with van der Waals surface area (Å²) in [7, 11) is 3.92. The Morgan fingerprint density at radius 3 is 2.31 bits per heavy atom. The second-order valence-corrected chi connectivity index (χ2v) is 8.21. The molecule has 1 aliphatic heterocycles. The number of aromatic amines is 1. The highest BCUT2D eigenvalue weighted by Crippen LogP contribution is 2.28. The first-order valence-corrected chi connectivity index (χ1v) is 10.9. The van der Waals surface area contributed by atoms with Crippen LogP contribution in [-0.4, -0.2) is 53.5 Å². The summed E-state index contributed by atoms with van der Waals surface area (Å²) in [6, 6.07) is 15.2. The number of carbonyl (C=O) groups is 1. The van der Waals surface area contributed by atoms with Gasteiger partial charge < -0.3 is 19.5 Å². The van der Waals surface area contributed by atoms with Gasteiger partial charge in [-0.2, -0.15) is 10.2 Å². The number of nitrogens with zero attached hydrogens (tertiary/aromatic N) is 4. The summed E-state index contributed by atoms with van der Waals surface area (Å²) < 4.78 is 12.1. The summed E-state index contributed by atoms with van der Waals surface area (Å²) in [4.78, 5) is 39.7. The number of rotatable bonds is 7. The number of benzene rings is 2. The highest BCUT2D eigenvalue weighted by atomic mass is 16.6. The van der Waals surface area contributed by atoms with Crippen molar-refractivity contribution in [3.8, 4) is 0 Å².